The van der Waals surface area contributed by atoms with E-state index >= 15 is 0 Å². The quantitative estimate of drug-likeness (QED) is 0.736. The fraction of sp³-hybridized carbons (Fsp3) is 0.133. The molecule has 0 radical (unpaired) electrons. The summed E-state index contributed by atoms with van der Waals surface area (Å²) in [5, 5.41) is 0.0434. The smallest absolute Gasteiger partial charge is 0.399 e. The molecule has 0 spiro atoms. The van der Waals surface area contributed by atoms with Gasteiger partial charge in [0, 0.05) is 18.1 Å². The Balaban J connectivity index is 2.28. The maximum atomic E-state index is 13.3. The van der Waals surface area contributed by atoms with Crippen LogP contribution in [0.15, 0.2) is 47.5 Å². The van der Waals surface area contributed by atoms with Crippen molar-refractivity contribution in [3.63, 3.8) is 0 Å². The van der Waals surface area contributed by atoms with Gasteiger partial charge >= 0.3 is 6.18 Å². The van der Waals surface area contributed by atoms with Gasteiger partial charge in [-0.15, -0.1) is 0 Å². The summed E-state index contributed by atoms with van der Waals surface area (Å²) in [6.45, 7) is -0.279. The number of nitrogens with two attached hydrogens (primary N) is 1. The molecule has 2 aromatic heterocycles. The molecule has 0 saturated heterocycles. The van der Waals surface area contributed by atoms with Gasteiger partial charge in [-0.2, -0.15) is 13.2 Å². The molecule has 0 unspecified atom stereocenters. The summed E-state index contributed by atoms with van der Waals surface area (Å²) in [5.41, 5.74) is 5.52. The Bertz CT molecular complexity index is 920. The van der Waals surface area contributed by atoms with Crippen LogP contribution in [0.3, 0.4) is 0 Å². The van der Waals surface area contributed by atoms with Gasteiger partial charge in [-0.3, -0.25) is 14.3 Å². The molecule has 3 rings (SSSR count). The van der Waals surface area contributed by atoms with E-state index < -0.39 is 17.6 Å². The van der Waals surface area contributed by atoms with Crippen LogP contribution in [0, 0.1) is 0 Å². The number of hydrogen-bond acceptors (Lipinski definition) is 4. The normalized spacial score (nSPS) is 11.8. The summed E-state index contributed by atoms with van der Waals surface area (Å²) in [4.78, 5) is 19.9. The van der Waals surface area contributed by atoms with Crippen LogP contribution in [0.5, 0.6) is 0 Å². The third-order valence-corrected chi connectivity index (χ3v) is 3.30. The van der Waals surface area contributed by atoms with E-state index in [-0.39, 0.29) is 23.1 Å². The number of benzene rings is 1. The van der Waals surface area contributed by atoms with Crippen LogP contribution in [0.4, 0.5) is 18.9 Å². The number of anilines is 1. The van der Waals surface area contributed by atoms with Crippen molar-refractivity contribution >= 4 is 16.6 Å². The molecule has 0 aliphatic carbocycles. The predicted molar refractivity (Wildman–Crippen MR) is 78.8 cm³/mol. The second-order valence-electron chi connectivity index (χ2n) is 4.96. The first kappa shape index (κ1) is 15.0. The van der Waals surface area contributed by atoms with Crippen LogP contribution in [0.1, 0.15) is 11.4 Å². The topological polar surface area (TPSA) is 73.8 Å². The van der Waals surface area contributed by atoms with Gasteiger partial charge in [-0.1, -0.05) is 6.07 Å². The summed E-state index contributed by atoms with van der Waals surface area (Å²) in [6, 6.07) is 7.20. The first-order valence-corrected chi connectivity index (χ1v) is 6.62. The van der Waals surface area contributed by atoms with Crippen LogP contribution >= 0.6 is 0 Å². The number of nitrogens with zero attached hydrogens (tertiary/aromatic N) is 3. The van der Waals surface area contributed by atoms with Gasteiger partial charge in [0.2, 0.25) is 5.82 Å². The predicted octanol–water partition coefficient (Wildman–Crippen LogP) is 2.44. The second kappa shape index (κ2) is 5.38. The Hall–Kier alpha value is -2.90. The fourth-order valence-electron chi connectivity index (χ4n) is 2.28. The molecule has 5 nitrogen and oxygen atoms in total. The molecule has 0 amide bonds. The van der Waals surface area contributed by atoms with Crippen molar-refractivity contribution < 1.29 is 13.2 Å². The van der Waals surface area contributed by atoms with Gasteiger partial charge < -0.3 is 5.73 Å². The van der Waals surface area contributed by atoms with Gasteiger partial charge in [0.15, 0.2) is 0 Å². The molecule has 1 aromatic carbocycles. The van der Waals surface area contributed by atoms with Gasteiger partial charge in [-0.25, -0.2) is 4.98 Å². The van der Waals surface area contributed by atoms with Crippen molar-refractivity contribution in [3.8, 4) is 0 Å². The van der Waals surface area contributed by atoms with E-state index in [1.807, 2.05) is 0 Å². The molecule has 0 bridgehead atoms. The standard InChI is InChI=1S/C15H11F3N4O/c16-15(17,18)14-21-12-4-3-10(19)6-11(12)13(23)22(14)8-9-2-1-5-20-7-9/h1-7H,8,19H2. The molecule has 2 heterocycles. The number of pyridine rings is 1. The van der Waals surface area contributed by atoms with Crippen LogP contribution < -0.4 is 11.3 Å². The van der Waals surface area contributed by atoms with Crippen molar-refractivity contribution in [2.75, 3.05) is 5.73 Å². The molecule has 0 atom stereocenters. The third-order valence-electron chi connectivity index (χ3n) is 3.30. The highest BCUT2D eigenvalue weighted by Crippen LogP contribution is 2.28. The Morgan fingerprint density at radius 1 is 1.22 bits per heavy atom. The lowest BCUT2D eigenvalue weighted by atomic mass is 10.2. The number of nitrogen functional groups attached to an aromatic ring is 1. The van der Waals surface area contributed by atoms with Crippen LogP contribution in [-0.2, 0) is 12.7 Å². The van der Waals surface area contributed by atoms with E-state index in [4.69, 9.17) is 5.73 Å². The van der Waals surface area contributed by atoms with E-state index in [0.717, 1.165) is 0 Å². The van der Waals surface area contributed by atoms with Crippen LogP contribution in [-0.4, -0.2) is 14.5 Å². The van der Waals surface area contributed by atoms with E-state index in [1.165, 1.54) is 30.6 Å². The number of fused-ring (bicyclic) bond motifs is 1. The minimum atomic E-state index is -4.75. The maximum absolute atomic E-state index is 13.3. The summed E-state index contributed by atoms with van der Waals surface area (Å²) < 4.78 is 40.4. The van der Waals surface area contributed by atoms with Gasteiger partial charge in [0.1, 0.15) is 0 Å². The number of halogens is 3. The number of rotatable bonds is 2. The number of alkyl halides is 3. The zero-order valence-electron chi connectivity index (χ0n) is 11.7. The zero-order chi connectivity index (χ0) is 16.6. The summed E-state index contributed by atoms with van der Waals surface area (Å²) >= 11 is 0. The van der Waals surface area contributed by atoms with Crippen LogP contribution in [0.25, 0.3) is 10.9 Å². The second-order valence-corrected chi connectivity index (χ2v) is 4.96. The Morgan fingerprint density at radius 3 is 2.65 bits per heavy atom. The summed E-state index contributed by atoms with van der Waals surface area (Å²) in [7, 11) is 0. The number of hydrogen-bond donors (Lipinski definition) is 1. The summed E-state index contributed by atoms with van der Waals surface area (Å²) in [5.74, 6) is -1.25. The van der Waals surface area contributed by atoms with E-state index in [1.54, 1.807) is 12.1 Å². The van der Waals surface area contributed by atoms with Gasteiger partial charge in [0.25, 0.3) is 5.56 Å². The first-order valence-electron chi connectivity index (χ1n) is 6.62. The van der Waals surface area contributed by atoms with Crippen LogP contribution in [0.2, 0.25) is 0 Å². The minimum absolute atomic E-state index is 0.0426. The van der Waals surface area contributed by atoms with Crippen molar-refractivity contribution in [2.24, 2.45) is 0 Å². The molecule has 0 saturated carbocycles. The molecular formula is C15H11F3N4O. The zero-order valence-corrected chi connectivity index (χ0v) is 11.7. The highest BCUT2D eigenvalue weighted by molar-refractivity contribution is 5.81. The monoisotopic (exact) mass is 320 g/mol. The maximum Gasteiger partial charge on any atom is 0.449 e. The molecule has 8 heteroatoms. The lowest BCUT2D eigenvalue weighted by molar-refractivity contribution is -0.147. The van der Waals surface area contributed by atoms with Crippen molar-refractivity contribution in [1.29, 1.82) is 0 Å². The van der Waals surface area contributed by atoms with Gasteiger partial charge in [0.05, 0.1) is 17.4 Å². The average molecular weight is 320 g/mol. The van der Waals surface area contributed by atoms with Gasteiger partial charge in [-0.05, 0) is 29.8 Å². The molecule has 0 aliphatic heterocycles. The fourth-order valence-corrected chi connectivity index (χ4v) is 2.28. The molecule has 0 fully saturated rings. The highest BCUT2D eigenvalue weighted by Gasteiger charge is 2.37. The first-order chi connectivity index (χ1) is 10.9. The Labute approximate surface area is 128 Å². The Morgan fingerprint density at radius 2 is 2.00 bits per heavy atom. The highest BCUT2D eigenvalue weighted by atomic mass is 19.4. The molecular weight excluding hydrogens is 309 g/mol. The van der Waals surface area contributed by atoms with E-state index in [9.17, 15) is 18.0 Å². The molecule has 0 aliphatic rings. The third kappa shape index (κ3) is 2.87. The summed E-state index contributed by atoms with van der Waals surface area (Å²) in [6.07, 6.45) is -1.86. The number of aromatic nitrogens is 3. The molecule has 3 aromatic rings. The largest absolute Gasteiger partial charge is 0.449 e. The van der Waals surface area contributed by atoms with Crippen molar-refractivity contribution in [3.05, 3.63) is 64.5 Å². The van der Waals surface area contributed by atoms with E-state index in [2.05, 4.69) is 9.97 Å². The van der Waals surface area contributed by atoms with Crippen molar-refractivity contribution in [2.45, 2.75) is 12.7 Å². The minimum Gasteiger partial charge on any atom is -0.399 e. The SMILES string of the molecule is Nc1ccc2nc(C(F)(F)F)n(Cc3cccnc3)c(=O)c2c1. The molecule has 2 N–H and O–H groups in total. The molecule has 23 heavy (non-hydrogen) atoms. The van der Waals surface area contributed by atoms with E-state index in [0.29, 0.717) is 10.1 Å². The van der Waals surface area contributed by atoms with Crippen molar-refractivity contribution in [1.82, 2.24) is 14.5 Å². The Kier molecular flexibility index (Phi) is 3.51. The lowest BCUT2D eigenvalue weighted by Crippen LogP contribution is -2.30. The average Bonchev–Trinajstić information content (AvgIpc) is 2.50. The molecule has 118 valence electrons. The lowest BCUT2D eigenvalue weighted by Gasteiger charge is -2.15.